The minimum atomic E-state index is -5.76. The fourth-order valence-corrected chi connectivity index (χ4v) is 6.00. The number of carbonyl (C=O) groups excluding carboxylic acids is 1. The van der Waals surface area contributed by atoms with Gasteiger partial charge >= 0.3 is 21.5 Å². The number of fused-ring (bicyclic) bond motifs is 1. The molecule has 0 unspecified atom stereocenters. The SMILES string of the molecule is CCCCc1oc2cccc(NS(=O)(=O)C(F)(F)F)c2c1C(=O)c1cc(I)c(OCC(=O)O)c(I)c1. The fraction of sp³-hybridized carbons (Fsp3) is 0.273. The number of rotatable bonds is 10. The van der Waals surface area contributed by atoms with Gasteiger partial charge in [-0.05, 0) is 75.9 Å². The zero-order valence-corrected chi connectivity index (χ0v) is 23.5. The molecule has 1 aromatic heterocycles. The van der Waals surface area contributed by atoms with Crippen molar-refractivity contribution in [3.63, 3.8) is 0 Å². The lowest BCUT2D eigenvalue weighted by molar-refractivity contribution is -0.139. The van der Waals surface area contributed by atoms with Crippen molar-refractivity contribution >= 4 is 83.6 Å². The van der Waals surface area contributed by atoms with Crippen LogP contribution < -0.4 is 9.46 Å². The molecule has 0 radical (unpaired) electrons. The lowest BCUT2D eigenvalue weighted by Gasteiger charge is -2.13. The molecule has 0 aliphatic carbocycles. The molecular formula is C22H18F3I2NO7S. The normalized spacial score (nSPS) is 12.1. The van der Waals surface area contributed by atoms with E-state index in [2.05, 4.69) is 0 Å². The Morgan fingerprint density at radius 2 is 1.81 bits per heavy atom. The van der Waals surface area contributed by atoms with Gasteiger partial charge in [-0.1, -0.05) is 19.4 Å². The van der Waals surface area contributed by atoms with Gasteiger partial charge in [0.15, 0.2) is 12.4 Å². The third-order valence-corrected chi connectivity index (χ3v) is 7.62. The molecule has 0 saturated carbocycles. The molecule has 0 amide bonds. The van der Waals surface area contributed by atoms with E-state index in [9.17, 15) is 31.2 Å². The lowest BCUT2D eigenvalue weighted by Crippen LogP contribution is -2.30. The van der Waals surface area contributed by atoms with E-state index in [-0.39, 0.29) is 33.6 Å². The summed E-state index contributed by atoms with van der Waals surface area (Å²) in [7, 11) is -5.76. The third-order valence-electron chi connectivity index (χ3n) is 4.92. The summed E-state index contributed by atoms with van der Waals surface area (Å²) in [5.74, 6) is -1.30. The van der Waals surface area contributed by atoms with Gasteiger partial charge in [0.2, 0.25) is 0 Å². The van der Waals surface area contributed by atoms with Crippen LogP contribution in [0.25, 0.3) is 11.0 Å². The minimum Gasteiger partial charge on any atom is -0.480 e. The first kappa shape index (κ1) is 28.5. The predicted molar refractivity (Wildman–Crippen MR) is 142 cm³/mol. The number of sulfonamides is 1. The molecule has 0 atom stereocenters. The molecule has 14 heteroatoms. The number of carboxylic acids is 1. The van der Waals surface area contributed by atoms with Gasteiger partial charge in [-0.15, -0.1) is 0 Å². The second kappa shape index (κ2) is 11.1. The van der Waals surface area contributed by atoms with E-state index in [0.29, 0.717) is 20.0 Å². The maximum Gasteiger partial charge on any atom is 0.516 e. The standard InChI is InChI=1S/C22H18F3I2NO7S/c1-2-3-6-16-19(20(31)11-8-12(26)21(13(27)9-11)34-10-17(29)30)18-14(5-4-7-15(18)35-16)28-36(32,33)22(23,24)25/h4-5,7-9,28H,2-3,6,10H2,1H3,(H,29,30). The number of hydrogen-bond donors (Lipinski definition) is 2. The van der Waals surface area contributed by atoms with E-state index < -0.39 is 39.6 Å². The van der Waals surface area contributed by atoms with Crippen molar-refractivity contribution in [2.45, 2.75) is 31.7 Å². The second-order valence-electron chi connectivity index (χ2n) is 7.51. The monoisotopic (exact) mass is 751 g/mol. The van der Waals surface area contributed by atoms with Gasteiger partial charge in [0.05, 0.1) is 23.8 Å². The Bertz CT molecular complexity index is 1410. The van der Waals surface area contributed by atoms with E-state index in [1.807, 2.05) is 52.1 Å². The van der Waals surface area contributed by atoms with E-state index in [4.69, 9.17) is 14.3 Å². The van der Waals surface area contributed by atoms with Crippen molar-refractivity contribution in [3.05, 3.63) is 54.4 Å². The molecule has 1 heterocycles. The van der Waals surface area contributed by atoms with Crippen LogP contribution in [0.1, 0.15) is 41.4 Å². The second-order valence-corrected chi connectivity index (χ2v) is 11.5. The van der Waals surface area contributed by atoms with E-state index in [1.165, 1.54) is 29.0 Å². The highest BCUT2D eigenvalue weighted by Crippen LogP contribution is 2.38. The zero-order valence-electron chi connectivity index (χ0n) is 18.4. The first-order valence-electron chi connectivity index (χ1n) is 10.3. The first-order chi connectivity index (χ1) is 16.8. The molecular weight excluding hydrogens is 733 g/mol. The molecule has 3 aromatic rings. The average Bonchev–Trinajstić information content (AvgIpc) is 3.14. The van der Waals surface area contributed by atoms with Gasteiger partial charge in [-0.2, -0.15) is 21.6 Å². The summed E-state index contributed by atoms with van der Waals surface area (Å²) in [6, 6.07) is 6.78. The van der Waals surface area contributed by atoms with Crippen LogP contribution in [0, 0.1) is 7.14 Å². The summed E-state index contributed by atoms with van der Waals surface area (Å²) in [5, 5.41) is 8.78. The largest absolute Gasteiger partial charge is 0.516 e. The van der Waals surface area contributed by atoms with Crippen LogP contribution in [-0.2, 0) is 21.2 Å². The first-order valence-corrected chi connectivity index (χ1v) is 13.9. The highest BCUT2D eigenvalue weighted by Gasteiger charge is 2.46. The molecule has 36 heavy (non-hydrogen) atoms. The van der Waals surface area contributed by atoms with Crippen molar-refractivity contribution in [2.24, 2.45) is 0 Å². The van der Waals surface area contributed by atoms with Crippen molar-refractivity contribution in [2.75, 3.05) is 11.3 Å². The number of furan rings is 1. The Hall–Kier alpha value is -2.08. The smallest absolute Gasteiger partial charge is 0.480 e. The fourth-order valence-electron chi connectivity index (χ4n) is 3.35. The van der Waals surface area contributed by atoms with Crippen molar-refractivity contribution < 1.29 is 45.4 Å². The molecule has 0 aliphatic heterocycles. The average molecular weight is 751 g/mol. The maximum atomic E-state index is 13.7. The predicted octanol–water partition coefficient (Wildman–Crippen LogP) is 5.94. The van der Waals surface area contributed by atoms with Crippen molar-refractivity contribution in [3.8, 4) is 5.75 Å². The highest BCUT2D eigenvalue weighted by molar-refractivity contribution is 14.1. The molecule has 194 valence electrons. The van der Waals surface area contributed by atoms with E-state index >= 15 is 0 Å². The Kier molecular flexibility index (Phi) is 8.80. The van der Waals surface area contributed by atoms with Crippen molar-refractivity contribution in [1.29, 1.82) is 0 Å². The van der Waals surface area contributed by atoms with Crippen LogP contribution in [0.2, 0.25) is 0 Å². The number of aryl methyl sites for hydroxylation is 1. The van der Waals surface area contributed by atoms with Crippen LogP contribution in [0.3, 0.4) is 0 Å². The minimum absolute atomic E-state index is 0.0512. The van der Waals surface area contributed by atoms with Gasteiger partial charge in [-0.25, -0.2) is 4.79 Å². The maximum absolute atomic E-state index is 13.7. The quantitative estimate of drug-likeness (QED) is 0.194. The summed E-state index contributed by atoms with van der Waals surface area (Å²) in [5.41, 5.74) is -5.86. The highest BCUT2D eigenvalue weighted by atomic mass is 127. The lowest BCUT2D eigenvalue weighted by atomic mass is 9.97. The Morgan fingerprint density at radius 3 is 2.36 bits per heavy atom. The number of ketones is 1. The van der Waals surface area contributed by atoms with Gasteiger partial charge in [-0.3, -0.25) is 9.52 Å². The molecule has 0 aliphatic rings. The van der Waals surface area contributed by atoms with Crippen LogP contribution in [-0.4, -0.2) is 37.4 Å². The number of carbonyl (C=O) groups is 2. The summed E-state index contributed by atoms with van der Waals surface area (Å²) in [6.45, 7) is 1.32. The number of ether oxygens (including phenoxy) is 1. The van der Waals surface area contributed by atoms with Gasteiger partial charge in [0, 0.05) is 12.0 Å². The van der Waals surface area contributed by atoms with Gasteiger partial charge in [0.25, 0.3) is 0 Å². The summed E-state index contributed by atoms with van der Waals surface area (Å²) in [4.78, 5) is 24.6. The summed E-state index contributed by atoms with van der Waals surface area (Å²) < 4.78 is 76.3. The number of hydrogen-bond acceptors (Lipinski definition) is 6. The molecule has 3 rings (SSSR count). The number of nitrogens with one attached hydrogen (secondary N) is 1. The summed E-state index contributed by atoms with van der Waals surface area (Å²) >= 11 is 3.75. The van der Waals surface area contributed by atoms with Crippen LogP contribution in [0.4, 0.5) is 18.9 Å². The molecule has 0 bridgehead atoms. The number of halogens is 5. The molecule has 0 spiro atoms. The molecule has 0 saturated heterocycles. The molecule has 0 fully saturated rings. The Morgan fingerprint density at radius 1 is 1.17 bits per heavy atom. The number of aliphatic carboxylic acids is 1. The van der Waals surface area contributed by atoms with Gasteiger partial charge < -0.3 is 14.3 Å². The summed E-state index contributed by atoms with van der Waals surface area (Å²) in [6.07, 6.45) is 1.65. The molecule has 2 N–H and O–H groups in total. The van der Waals surface area contributed by atoms with E-state index in [1.54, 1.807) is 0 Å². The number of anilines is 1. The van der Waals surface area contributed by atoms with Crippen molar-refractivity contribution in [1.82, 2.24) is 0 Å². The van der Waals surface area contributed by atoms with Crippen LogP contribution >= 0.6 is 45.2 Å². The Labute approximate surface area is 230 Å². The molecule has 8 nitrogen and oxygen atoms in total. The number of benzene rings is 2. The number of unbranched alkanes of at least 4 members (excludes halogenated alkanes) is 1. The molecule has 2 aromatic carbocycles. The zero-order chi connectivity index (χ0) is 26.8. The number of carboxylic acid groups (broad SMARTS) is 1. The number of alkyl halides is 3. The third kappa shape index (κ3) is 6.07. The van der Waals surface area contributed by atoms with Gasteiger partial charge in [0.1, 0.15) is 17.1 Å². The van der Waals surface area contributed by atoms with E-state index in [0.717, 1.165) is 12.5 Å². The Balaban J connectivity index is 2.19. The van der Waals surface area contributed by atoms with Crippen LogP contribution in [0.5, 0.6) is 5.75 Å². The van der Waals surface area contributed by atoms with Crippen LogP contribution in [0.15, 0.2) is 34.7 Å². The topological polar surface area (TPSA) is 123 Å².